The zero-order valence-electron chi connectivity index (χ0n) is 16.7. The standard InChI is InChI=1S/C22H26BrN3O2S/c1-3-28-20-9-4-16(14-19(20)23)21(27)25-22(29)24-17-5-7-18(8-6-17)26-12-10-15(2)11-13-26/h4-9,14-15H,3,10-13H2,1-2H3,(H2,24,25,27,29). The van der Waals surface area contributed by atoms with Crippen LogP contribution in [-0.4, -0.2) is 30.7 Å². The lowest BCUT2D eigenvalue weighted by molar-refractivity contribution is 0.0977. The highest BCUT2D eigenvalue weighted by molar-refractivity contribution is 9.10. The number of ether oxygens (including phenoxy) is 1. The van der Waals surface area contributed by atoms with Gasteiger partial charge in [-0.15, -0.1) is 0 Å². The zero-order valence-corrected chi connectivity index (χ0v) is 19.1. The lowest BCUT2D eigenvalue weighted by Gasteiger charge is -2.32. The zero-order chi connectivity index (χ0) is 20.8. The Morgan fingerprint density at radius 3 is 2.52 bits per heavy atom. The van der Waals surface area contributed by atoms with Crippen LogP contribution in [0.1, 0.15) is 37.0 Å². The summed E-state index contributed by atoms with van der Waals surface area (Å²) in [5.41, 5.74) is 2.56. The molecule has 1 amide bonds. The molecule has 0 aliphatic carbocycles. The molecule has 7 heteroatoms. The van der Waals surface area contributed by atoms with E-state index < -0.39 is 0 Å². The Labute approximate surface area is 185 Å². The maximum atomic E-state index is 12.4. The number of nitrogens with one attached hydrogen (secondary N) is 2. The molecule has 0 bridgehead atoms. The predicted octanol–water partition coefficient (Wildman–Crippen LogP) is 5.21. The van der Waals surface area contributed by atoms with Crippen molar-refractivity contribution in [2.24, 2.45) is 5.92 Å². The van der Waals surface area contributed by atoms with Gasteiger partial charge in [0.2, 0.25) is 0 Å². The van der Waals surface area contributed by atoms with Gasteiger partial charge in [0.05, 0.1) is 11.1 Å². The number of anilines is 2. The first-order chi connectivity index (χ1) is 14.0. The van der Waals surface area contributed by atoms with Crippen LogP contribution >= 0.6 is 28.1 Å². The van der Waals surface area contributed by atoms with Gasteiger partial charge in [-0.05, 0) is 96.3 Å². The van der Waals surface area contributed by atoms with E-state index in [1.807, 2.05) is 19.1 Å². The molecule has 0 atom stereocenters. The number of amides is 1. The summed E-state index contributed by atoms with van der Waals surface area (Å²) >= 11 is 8.72. The van der Waals surface area contributed by atoms with Gasteiger partial charge in [0, 0.05) is 30.0 Å². The summed E-state index contributed by atoms with van der Waals surface area (Å²) in [7, 11) is 0. The van der Waals surface area contributed by atoms with Crippen molar-refractivity contribution in [1.82, 2.24) is 5.32 Å². The van der Waals surface area contributed by atoms with Crippen LogP contribution < -0.4 is 20.3 Å². The second-order valence-corrected chi connectivity index (χ2v) is 8.47. The number of carbonyl (C=O) groups excluding carboxylic acids is 1. The molecule has 0 aromatic heterocycles. The molecule has 2 N–H and O–H groups in total. The largest absolute Gasteiger partial charge is 0.493 e. The summed E-state index contributed by atoms with van der Waals surface area (Å²) in [5, 5.41) is 6.05. The average Bonchev–Trinajstić information content (AvgIpc) is 2.71. The molecule has 2 aromatic carbocycles. The van der Waals surface area contributed by atoms with Crippen molar-refractivity contribution in [3.63, 3.8) is 0 Å². The number of rotatable bonds is 5. The quantitative estimate of drug-likeness (QED) is 0.581. The first-order valence-corrected chi connectivity index (χ1v) is 11.1. The molecule has 0 spiro atoms. The molecule has 1 aliphatic heterocycles. The summed E-state index contributed by atoms with van der Waals surface area (Å²) in [5.74, 6) is 1.24. The molecular formula is C22H26BrN3O2S. The number of carbonyl (C=O) groups is 1. The van der Waals surface area contributed by atoms with Crippen LogP contribution in [0.4, 0.5) is 11.4 Å². The molecule has 0 unspecified atom stereocenters. The molecule has 154 valence electrons. The van der Waals surface area contributed by atoms with Crippen molar-refractivity contribution in [2.75, 3.05) is 29.9 Å². The van der Waals surface area contributed by atoms with Gasteiger partial charge < -0.3 is 15.0 Å². The van der Waals surface area contributed by atoms with E-state index in [2.05, 4.69) is 50.5 Å². The van der Waals surface area contributed by atoms with Crippen molar-refractivity contribution in [3.05, 3.63) is 52.5 Å². The van der Waals surface area contributed by atoms with E-state index in [4.69, 9.17) is 17.0 Å². The van der Waals surface area contributed by atoms with Gasteiger partial charge in [0.15, 0.2) is 5.11 Å². The molecule has 3 rings (SSSR count). The minimum atomic E-state index is -0.273. The Hall–Kier alpha value is -2.12. The molecule has 1 fully saturated rings. The highest BCUT2D eigenvalue weighted by Gasteiger charge is 2.16. The molecule has 1 saturated heterocycles. The summed E-state index contributed by atoms with van der Waals surface area (Å²) in [6.07, 6.45) is 2.47. The van der Waals surface area contributed by atoms with Gasteiger partial charge in [-0.3, -0.25) is 10.1 Å². The van der Waals surface area contributed by atoms with E-state index in [1.54, 1.807) is 18.2 Å². The highest BCUT2D eigenvalue weighted by Crippen LogP contribution is 2.26. The third-order valence-corrected chi connectivity index (χ3v) is 5.82. The van der Waals surface area contributed by atoms with Crippen molar-refractivity contribution in [3.8, 4) is 5.75 Å². The second-order valence-electron chi connectivity index (χ2n) is 7.20. The van der Waals surface area contributed by atoms with Crippen LogP contribution in [-0.2, 0) is 0 Å². The number of thiocarbonyl (C=S) groups is 1. The van der Waals surface area contributed by atoms with E-state index in [1.165, 1.54) is 18.5 Å². The van der Waals surface area contributed by atoms with Gasteiger partial charge >= 0.3 is 0 Å². The second kappa shape index (κ2) is 10.1. The highest BCUT2D eigenvalue weighted by atomic mass is 79.9. The summed E-state index contributed by atoms with van der Waals surface area (Å²) < 4.78 is 6.20. The van der Waals surface area contributed by atoms with Gasteiger partial charge in [-0.1, -0.05) is 6.92 Å². The predicted molar refractivity (Wildman–Crippen MR) is 126 cm³/mol. The van der Waals surface area contributed by atoms with Crippen LogP contribution in [0.15, 0.2) is 46.9 Å². The van der Waals surface area contributed by atoms with E-state index in [0.717, 1.165) is 29.2 Å². The Balaban J connectivity index is 1.55. The first kappa shape index (κ1) is 21.6. The fourth-order valence-corrected chi connectivity index (χ4v) is 3.98. The summed E-state index contributed by atoms with van der Waals surface area (Å²) in [4.78, 5) is 14.9. The van der Waals surface area contributed by atoms with Crippen molar-refractivity contribution >= 4 is 50.5 Å². The third-order valence-electron chi connectivity index (χ3n) is 4.99. The SMILES string of the molecule is CCOc1ccc(C(=O)NC(=S)Nc2ccc(N3CCC(C)CC3)cc2)cc1Br. The number of halogens is 1. The van der Waals surface area contributed by atoms with E-state index >= 15 is 0 Å². The minimum absolute atomic E-state index is 0.263. The molecule has 1 heterocycles. The smallest absolute Gasteiger partial charge is 0.257 e. The number of hydrogen-bond donors (Lipinski definition) is 2. The molecule has 29 heavy (non-hydrogen) atoms. The molecule has 0 saturated carbocycles. The summed E-state index contributed by atoms with van der Waals surface area (Å²) in [6.45, 7) is 6.98. The molecule has 5 nitrogen and oxygen atoms in total. The Morgan fingerprint density at radius 2 is 1.90 bits per heavy atom. The van der Waals surface area contributed by atoms with Crippen LogP contribution in [0.3, 0.4) is 0 Å². The molecule has 0 radical (unpaired) electrons. The number of piperidine rings is 1. The molecular weight excluding hydrogens is 450 g/mol. The maximum Gasteiger partial charge on any atom is 0.257 e. The monoisotopic (exact) mass is 475 g/mol. The van der Waals surface area contributed by atoms with Gasteiger partial charge in [0.25, 0.3) is 5.91 Å². The average molecular weight is 476 g/mol. The van der Waals surface area contributed by atoms with Crippen molar-refractivity contribution in [2.45, 2.75) is 26.7 Å². The lowest BCUT2D eigenvalue weighted by Crippen LogP contribution is -2.34. The Bertz CT molecular complexity index is 865. The fourth-order valence-electron chi connectivity index (χ4n) is 3.27. The van der Waals surface area contributed by atoms with E-state index in [0.29, 0.717) is 17.9 Å². The third kappa shape index (κ3) is 5.93. The van der Waals surface area contributed by atoms with Gasteiger partial charge in [-0.2, -0.15) is 0 Å². The van der Waals surface area contributed by atoms with Gasteiger partial charge in [0.1, 0.15) is 5.75 Å². The van der Waals surface area contributed by atoms with Crippen LogP contribution in [0.2, 0.25) is 0 Å². The topological polar surface area (TPSA) is 53.6 Å². The van der Waals surface area contributed by atoms with Gasteiger partial charge in [-0.25, -0.2) is 0 Å². The van der Waals surface area contributed by atoms with Crippen molar-refractivity contribution < 1.29 is 9.53 Å². The number of hydrogen-bond acceptors (Lipinski definition) is 4. The fraction of sp³-hybridized carbons (Fsp3) is 0.364. The van der Waals surface area contributed by atoms with E-state index in [9.17, 15) is 4.79 Å². The number of benzene rings is 2. The normalized spacial score (nSPS) is 14.4. The molecule has 1 aliphatic rings. The summed E-state index contributed by atoms with van der Waals surface area (Å²) in [6, 6.07) is 13.3. The Kier molecular flexibility index (Phi) is 7.50. The molecule has 2 aromatic rings. The Morgan fingerprint density at radius 1 is 1.21 bits per heavy atom. The van der Waals surface area contributed by atoms with Crippen LogP contribution in [0, 0.1) is 5.92 Å². The van der Waals surface area contributed by atoms with Crippen LogP contribution in [0.5, 0.6) is 5.75 Å². The first-order valence-electron chi connectivity index (χ1n) is 9.86. The number of nitrogens with zero attached hydrogens (tertiary/aromatic N) is 1. The maximum absolute atomic E-state index is 12.4. The lowest BCUT2D eigenvalue weighted by atomic mass is 9.99. The minimum Gasteiger partial charge on any atom is -0.493 e. The van der Waals surface area contributed by atoms with E-state index in [-0.39, 0.29) is 11.0 Å². The van der Waals surface area contributed by atoms with Crippen molar-refractivity contribution in [1.29, 1.82) is 0 Å². The van der Waals surface area contributed by atoms with Crippen LogP contribution in [0.25, 0.3) is 0 Å².